The number of carboxylic acid groups (broad SMARTS) is 1. The number of aromatic nitrogens is 1. The van der Waals surface area contributed by atoms with Gasteiger partial charge >= 0.3 is 5.97 Å². The van der Waals surface area contributed by atoms with Crippen molar-refractivity contribution in [3.8, 4) is 0 Å². The predicted octanol–water partition coefficient (Wildman–Crippen LogP) is 2.16. The van der Waals surface area contributed by atoms with Crippen LogP contribution in [0.15, 0.2) is 16.9 Å². The highest BCUT2D eigenvalue weighted by atomic mass is 16.4. The molecule has 0 unspecified atom stereocenters. The summed E-state index contributed by atoms with van der Waals surface area (Å²) in [5.74, 6) is -0.955. The van der Waals surface area contributed by atoms with Crippen LogP contribution in [0, 0.1) is 0 Å². The molecule has 0 bridgehead atoms. The van der Waals surface area contributed by atoms with E-state index in [-0.39, 0.29) is 17.0 Å². The zero-order chi connectivity index (χ0) is 15.4. The molecule has 0 radical (unpaired) electrons. The van der Waals surface area contributed by atoms with Crippen molar-refractivity contribution in [2.75, 3.05) is 19.6 Å². The van der Waals surface area contributed by atoms with Crippen molar-refractivity contribution < 1.29 is 9.90 Å². The molecule has 1 aromatic rings. The largest absolute Gasteiger partial charge is 0.477 e. The van der Waals surface area contributed by atoms with Crippen LogP contribution in [-0.4, -0.2) is 40.2 Å². The molecule has 1 saturated heterocycles. The Labute approximate surface area is 125 Å². The summed E-state index contributed by atoms with van der Waals surface area (Å²) in [5.41, 5.74) is 0.380. The SMILES string of the molecule is CC(C)c1ccc(C(=O)O)c(=O)n1CCN1CCCCC1. The summed E-state index contributed by atoms with van der Waals surface area (Å²) < 4.78 is 1.64. The Kier molecular flexibility index (Phi) is 5.17. The van der Waals surface area contributed by atoms with Crippen LogP contribution in [0.25, 0.3) is 0 Å². The first kappa shape index (κ1) is 15.8. The summed E-state index contributed by atoms with van der Waals surface area (Å²) in [7, 11) is 0. The molecule has 0 atom stereocenters. The van der Waals surface area contributed by atoms with Crippen molar-refractivity contribution in [3.63, 3.8) is 0 Å². The quantitative estimate of drug-likeness (QED) is 0.903. The predicted molar refractivity (Wildman–Crippen MR) is 82.0 cm³/mol. The highest BCUT2D eigenvalue weighted by molar-refractivity contribution is 5.87. The zero-order valence-corrected chi connectivity index (χ0v) is 12.8. The van der Waals surface area contributed by atoms with E-state index >= 15 is 0 Å². The number of aromatic carboxylic acids is 1. The second-order valence-corrected chi connectivity index (χ2v) is 5.99. The summed E-state index contributed by atoms with van der Waals surface area (Å²) in [4.78, 5) is 25.9. The molecule has 21 heavy (non-hydrogen) atoms. The number of hydrogen-bond acceptors (Lipinski definition) is 3. The molecule has 1 aliphatic rings. The van der Waals surface area contributed by atoms with Crippen molar-refractivity contribution in [1.29, 1.82) is 0 Å². The molecule has 1 aromatic heterocycles. The Bertz CT molecular complexity index is 557. The zero-order valence-electron chi connectivity index (χ0n) is 12.8. The van der Waals surface area contributed by atoms with Crippen LogP contribution in [0.5, 0.6) is 0 Å². The Balaban J connectivity index is 2.24. The molecule has 0 amide bonds. The van der Waals surface area contributed by atoms with Gasteiger partial charge in [-0.1, -0.05) is 20.3 Å². The summed E-state index contributed by atoms with van der Waals surface area (Å²) in [6.07, 6.45) is 3.70. The van der Waals surface area contributed by atoms with E-state index in [9.17, 15) is 9.59 Å². The second kappa shape index (κ2) is 6.89. The van der Waals surface area contributed by atoms with Crippen LogP contribution in [-0.2, 0) is 6.54 Å². The molecule has 1 N–H and O–H groups in total. The highest BCUT2D eigenvalue weighted by Crippen LogP contribution is 2.14. The molecule has 0 aromatic carbocycles. The van der Waals surface area contributed by atoms with Gasteiger partial charge in [0.2, 0.25) is 0 Å². The van der Waals surface area contributed by atoms with Crippen LogP contribution >= 0.6 is 0 Å². The van der Waals surface area contributed by atoms with Crippen LogP contribution in [0.2, 0.25) is 0 Å². The van der Waals surface area contributed by atoms with E-state index < -0.39 is 5.97 Å². The fourth-order valence-electron chi connectivity index (χ4n) is 2.91. The summed E-state index contributed by atoms with van der Waals surface area (Å²) in [6, 6.07) is 3.20. The average Bonchev–Trinajstić information content (AvgIpc) is 2.46. The van der Waals surface area contributed by atoms with E-state index in [1.807, 2.05) is 13.8 Å². The molecule has 1 fully saturated rings. The number of likely N-dealkylation sites (tertiary alicyclic amines) is 1. The standard InChI is InChI=1S/C16H24N2O3/c1-12(2)14-7-6-13(16(20)21)15(19)18(14)11-10-17-8-4-3-5-9-17/h6-7,12H,3-5,8-11H2,1-2H3,(H,20,21). The number of pyridine rings is 1. The topological polar surface area (TPSA) is 62.5 Å². The van der Waals surface area contributed by atoms with Crippen LogP contribution < -0.4 is 5.56 Å². The Hall–Kier alpha value is -1.62. The number of carboxylic acids is 1. The Morgan fingerprint density at radius 2 is 1.86 bits per heavy atom. The fourth-order valence-corrected chi connectivity index (χ4v) is 2.91. The lowest BCUT2D eigenvalue weighted by atomic mass is 10.1. The third-order valence-corrected chi connectivity index (χ3v) is 4.12. The number of rotatable bonds is 5. The lowest BCUT2D eigenvalue weighted by Gasteiger charge is -2.27. The summed E-state index contributed by atoms with van der Waals surface area (Å²) >= 11 is 0. The van der Waals surface area contributed by atoms with Gasteiger partial charge in [-0.3, -0.25) is 4.79 Å². The molecular weight excluding hydrogens is 268 g/mol. The van der Waals surface area contributed by atoms with Gasteiger partial charge in [0.05, 0.1) is 0 Å². The summed E-state index contributed by atoms with van der Waals surface area (Å²) in [5, 5.41) is 9.11. The van der Waals surface area contributed by atoms with Crippen LogP contribution in [0.3, 0.4) is 0 Å². The highest BCUT2D eigenvalue weighted by Gasteiger charge is 2.17. The molecule has 1 aliphatic heterocycles. The molecule has 116 valence electrons. The van der Waals surface area contributed by atoms with Crippen molar-refractivity contribution >= 4 is 5.97 Å². The minimum Gasteiger partial charge on any atom is -0.477 e. The third kappa shape index (κ3) is 3.73. The first-order valence-corrected chi connectivity index (χ1v) is 7.70. The van der Waals surface area contributed by atoms with E-state index in [0.717, 1.165) is 25.3 Å². The molecule has 2 heterocycles. The maximum atomic E-state index is 12.4. The van der Waals surface area contributed by atoms with Crippen molar-refractivity contribution in [3.05, 3.63) is 33.7 Å². The van der Waals surface area contributed by atoms with Crippen molar-refractivity contribution in [2.45, 2.75) is 45.6 Å². The van der Waals surface area contributed by atoms with Gasteiger partial charge in [0.15, 0.2) is 0 Å². The van der Waals surface area contributed by atoms with E-state index in [0.29, 0.717) is 6.54 Å². The van der Waals surface area contributed by atoms with E-state index in [2.05, 4.69) is 4.90 Å². The van der Waals surface area contributed by atoms with Crippen molar-refractivity contribution in [2.24, 2.45) is 0 Å². The molecule has 5 nitrogen and oxygen atoms in total. The first-order valence-electron chi connectivity index (χ1n) is 7.70. The lowest BCUT2D eigenvalue weighted by molar-refractivity contribution is 0.0694. The summed E-state index contributed by atoms with van der Waals surface area (Å²) in [6.45, 7) is 7.56. The number of nitrogens with zero attached hydrogens (tertiary/aromatic N) is 2. The number of piperidine rings is 1. The van der Waals surface area contributed by atoms with E-state index in [4.69, 9.17) is 5.11 Å². The van der Waals surface area contributed by atoms with Gasteiger partial charge in [-0.05, 0) is 44.0 Å². The third-order valence-electron chi connectivity index (χ3n) is 4.12. The second-order valence-electron chi connectivity index (χ2n) is 5.99. The first-order chi connectivity index (χ1) is 10.0. The number of hydrogen-bond donors (Lipinski definition) is 1. The van der Waals surface area contributed by atoms with Crippen molar-refractivity contribution in [1.82, 2.24) is 9.47 Å². The molecular formula is C16H24N2O3. The minimum atomic E-state index is -1.15. The molecule has 5 heteroatoms. The molecule has 0 saturated carbocycles. The van der Waals surface area contributed by atoms with Gasteiger partial charge < -0.3 is 14.6 Å². The van der Waals surface area contributed by atoms with Gasteiger partial charge in [-0.15, -0.1) is 0 Å². The lowest BCUT2D eigenvalue weighted by Crippen LogP contribution is -2.37. The monoisotopic (exact) mass is 292 g/mol. The molecule has 0 aliphatic carbocycles. The fraction of sp³-hybridized carbons (Fsp3) is 0.625. The Morgan fingerprint density at radius 3 is 2.43 bits per heavy atom. The van der Waals surface area contributed by atoms with Crippen LogP contribution in [0.1, 0.15) is 55.1 Å². The molecule has 0 spiro atoms. The van der Waals surface area contributed by atoms with Gasteiger partial charge in [0, 0.05) is 18.8 Å². The maximum Gasteiger partial charge on any atom is 0.341 e. The minimum absolute atomic E-state index is 0.141. The smallest absolute Gasteiger partial charge is 0.341 e. The van der Waals surface area contributed by atoms with Gasteiger partial charge in [0.25, 0.3) is 5.56 Å². The number of carbonyl (C=O) groups is 1. The normalized spacial score (nSPS) is 16.3. The van der Waals surface area contributed by atoms with E-state index in [1.54, 1.807) is 10.6 Å². The Morgan fingerprint density at radius 1 is 1.19 bits per heavy atom. The van der Waals surface area contributed by atoms with Gasteiger partial charge in [-0.2, -0.15) is 0 Å². The van der Waals surface area contributed by atoms with Gasteiger partial charge in [-0.25, -0.2) is 4.79 Å². The van der Waals surface area contributed by atoms with Crippen LogP contribution in [0.4, 0.5) is 0 Å². The van der Waals surface area contributed by atoms with E-state index in [1.165, 1.54) is 25.3 Å². The van der Waals surface area contributed by atoms with Gasteiger partial charge in [0.1, 0.15) is 5.56 Å². The average molecular weight is 292 g/mol. The maximum absolute atomic E-state index is 12.4. The molecule has 2 rings (SSSR count).